The molecule has 3 heterocycles. The van der Waals surface area contributed by atoms with Gasteiger partial charge in [0.1, 0.15) is 17.8 Å². The fourth-order valence-electron chi connectivity index (χ4n) is 10.4. The molecule has 6 nitrogen and oxygen atoms in total. The number of para-hydroxylation sites is 1. The summed E-state index contributed by atoms with van der Waals surface area (Å²) in [6, 6.07) is 71.7. The molecule has 8 aromatic carbocycles. The molecule has 11 rings (SSSR count). The predicted octanol–water partition coefficient (Wildman–Crippen LogP) is 18.3. The average Bonchev–Trinajstić information content (AvgIpc) is 4.00. The Morgan fingerprint density at radius 1 is 0.411 bits per heavy atom. The van der Waals surface area contributed by atoms with E-state index in [0.717, 1.165) is 67.5 Å². The quantitative estimate of drug-likeness (QED) is 0.135. The molecule has 0 bridgehead atoms. The van der Waals surface area contributed by atoms with E-state index >= 15 is 0 Å². The van der Waals surface area contributed by atoms with Gasteiger partial charge in [-0.2, -0.15) is 4.48 Å². The van der Waals surface area contributed by atoms with E-state index in [-0.39, 0.29) is 20.7 Å². The lowest BCUT2D eigenvalue weighted by molar-refractivity contribution is 0.481. The van der Waals surface area contributed by atoms with Crippen molar-refractivity contribution >= 4 is 22.9 Å². The minimum Gasteiger partial charge on any atom is -0.457 e. The zero-order valence-electron chi connectivity index (χ0n) is 43.4. The molecule has 2 aromatic heterocycles. The molecule has 0 aliphatic carbocycles. The first kappa shape index (κ1) is 47.2. The highest BCUT2D eigenvalue weighted by Crippen LogP contribution is 2.63. The van der Waals surface area contributed by atoms with Crippen molar-refractivity contribution in [3.05, 3.63) is 229 Å². The third-order valence-corrected chi connectivity index (χ3v) is 14.4. The summed E-state index contributed by atoms with van der Waals surface area (Å²) in [5.74, 6) is 3.00. The van der Waals surface area contributed by atoms with Crippen LogP contribution in [0.5, 0.6) is 11.5 Å². The summed E-state index contributed by atoms with van der Waals surface area (Å²) < 4.78 is 9.38. The summed E-state index contributed by atoms with van der Waals surface area (Å²) >= 11 is 0. The number of rotatable bonds is 9. The summed E-state index contributed by atoms with van der Waals surface area (Å²) in [5, 5.41) is 9.30. The molecule has 0 N–H and O–H groups in total. The van der Waals surface area contributed by atoms with Crippen molar-refractivity contribution in [3.63, 3.8) is 0 Å². The molecule has 0 unspecified atom stereocenters. The summed E-state index contributed by atoms with van der Waals surface area (Å²) in [4.78, 5) is 5.51. The van der Waals surface area contributed by atoms with E-state index in [1.54, 1.807) is 0 Å². The topological polar surface area (TPSA) is 52.8 Å². The minimum atomic E-state index is -0.0989. The van der Waals surface area contributed by atoms with Gasteiger partial charge in [-0.05, 0) is 86.0 Å². The highest BCUT2D eigenvalue weighted by Gasteiger charge is 2.50. The average molecular weight is 953 g/mol. The molecule has 0 fully saturated rings. The monoisotopic (exact) mass is 952 g/mol. The Morgan fingerprint density at radius 2 is 0.932 bits per heavy atom. The molecule has 0 atom stereocenters. The minimum absolute atomic E-state index is 0.0201. The Morgan fingerprint density at radius 3 is 1.51 bits per heavy atom. The van der Waals surface area contributed by atoms with Gasteiger partial charge in [-0.25, -0.2) is 4.98 Å². The van der Waals surface area contributed by atoms with Gasteiger partial charge in [-0.15, -0.1) is 10.2 Å². The normalized spacial score (nSPS) is 13.1. The van der Waals surface area contributed by atoms with Crippen LogP contribution in [0.4, 0.5) is 22.9 Å². The zero-order chi connectivity index (χ0) is 50.7. The SMILES string of the molecule is CC(C)(C)c1cccc(-c2ccc([N+]3(c4cccc(Oc5cccc(-c6nncn6-c6c(-c7ccccc7)cccc6-c6ccccc6)c5)c4)c4cc(C(C)(C)C)ccc4-c4ccc(C(C)(C)C)cc43)nc2)c1. The predicted molar refractivity (Wildman–Crippen MR) is 303 cm³/mol. The third kappa shape index (κ3) is 8.66. The maximum atomic E-state index is 6.99. The summed E-state index contributed by atoms with van der Waals surface area (Å²) in [6.07, 6.45) is 3.87. The second kappa shape index (κ2) is 18.1. The second-order valence-electron chi connectivity index (χ2n) is 22.5. The Bertz CT molecular complexity index is 3520. The van der Waals surface area contributed by atoms with Crippen LogP contribution in [0, 0.1) is 0 Å². The van der Waals surface area contributed by atoms with E-state index in [2.05, 4.69) is 248 Å². The number of benzene rings is 8. The van der Waals surface area contributed by atoms with Gasteiger partial charge >= 0.3 is 0 Å². The van der Waals surface area contributed by atoms with Gasteiger partial charge in [0.05, 0.1) is 16.8 Å². The Hall–Kier alpha value is -8.19. The van der Waals surface area contributed by atoms with Crippen molar-refractivity contribution in [3.8, 4) is 73.1 Å². The maximum absolute atomic E-state index is 6.99. The maximum Gasteiger partial charge on any atom is 0.243 e. The van der Waals surface area contributed by atoms with Crippen LogP contribution in [-0.4, -0.2) is 19.7 Å². The third-order valence-electron chi connectivity index (χ3n) is 14.4. The number of fused-ring (bicyclic) bond motifs is 3. The van der Waals surface area contributed by atoms with E-state index in [4.69, 9.17) is 14.8 Å². The Balaban J connectivity index is 1.05. The first-order chi connectivity index (χ1) is 35.1. The molecule has 0 spiro atoms. The number of pyridine rings is 1. The number of hydrogen-bond donors (Lipinski definition) is 0. The Labute approximate surface area is 430 Å². The molecular formula is C67H62N5O+. The van der Waals surface area contributed by atoms with Crippen LogP contribution in [0.3, 0.4) is 0 Å². The van der Waals surface area contributed by atoms with E-state index < -0.39 is 0 Å². The van der Waals surface area contributed by atoms with Gasteiger partial charge in [-0.3, -0.25) is 4.57 Å². The summed E-state index contributed by atoms with van der Waals surface area (Å²) in [5.41, 5.74) is 17.8. The van der Waals surface area contributed by atoms with Crippen LogP contribution in [0.25, 0.3) is 61.6 Å². The van der Waals surface area contributed by atoms with Crippen molar-refractivity contribution in [2.45, 2.75) is 78.6 Å². The largest absolute Gasteiger partial charge is 0.457 e. The number of quaternary nitrogens is 1. The first-order valence-electron chi connectivity index (χ1n) is 25.4. The molecule has 0 amide bonds. The van der Waals surface area contributed by atoms with Crippen LogP contribution in [0.15, 0.2) is 213 Å². The van der Waals surface area contributed by atoms with Crippen LogP contribution in [0.1, 0.15) is 79.0 Å². The standard InChI is InChI=1S/C67H62N5O/c1-65(2,3)50-26-16-24-47(38-50)49-32-37-62(68-43-49)72(60-40-51(66(4,5)6)33-35-58(60)59-36-34-52(41-61(59)72)67(7,8)9)53-27-18-29-55(42-53)73-54-28-17-25-48(39-54)64-70-69-44-71(64)63-56(45-20-12-10-13-21-45)30-19-31-57(63)46-22-14-11-15-23-46/h10-44H,1-9H3/q+1. The van der Waals surface area contributed by atoms with Gasteiger partial charge in [0.25, 0.3) is 0 Å². The molecule has 0 radical (unpaired) electrons. The van der Waals surface area contributed by atoms with Crippen molar-refractivity contribution in [2.75, 3.05) is 0 Å². The molecule has 1 aliphatic heterocycles. The lowest BCUT2D eigenvalue weighted by atomic mass is 9.85. The first-order valence-corrected chi connectivity index (χ1v) is 25.4. The van der Waals surface area contributed by atoms with E-state index in [1.807, 2.05) is 36.7 Å². The second-order valence-corrected chi connectivity index (χ2v) is 22.5. The summed E-state index contributed by atoms with van der Waals surface area (Å²) in [7, 11) is 0. The van der Waals surface area contributed by atoms with Crippen LogP contribution >= 0.6 is 0 Å². The van der Waals surface area contributed by atoms with Gasteiger partial charge in [-0.1, -0.05) is 196 Å². The van der Waals surface area contributed by atoms with Crippen molar-refractivity contribution < 1.29 is 4.74 Å². The molecule has 0 saturated carbocycles. The van der Waals surface area contributed by atoms with Crippen LogP contribution < -0.4 is 9.22 Å². The van der Waals surface area contributed by atoms with Gasteiger partial charge in [0, 0.05) is 58.8 Å². The fraction of sp³-hybridized carbons (Fsp3) is 0.179. The zero-order valence-corrected chi connectivity index (χ0v) is 43.4. The number of hydrogen-bond acceptors (Lipinski definition) is 4. The molecule has 73 heavy (non-hydrogen) atoms. The van der Waals surface area contributed by atoms with Crippen LogP contribution in [-0.2, 0) is 16.2 Å². The van der Waals surface area contributed by atoms with Crippen molar-refractivity contribution in [2.24, 2.45) is 0 Å². The van der Waals surface area contributed by atoms with Gasteiger partial charge < -0.3 is 4.74 Å². The molecule has 1 aliphatic rings. The molecule has 6 heteroatoms. The van der Waals surface area contributed by atoms with E-state index in [9.17, 15) is 0 Å². The number of aromatic nitrogens is 4. The van der Waals surface area contributed by atoms with Crippen molar-refractivity contribution in [1.29, 1.82) is 0 Å². The molecular weight excluding hydrogens is 891 g/mol. The number of ether oxygens (including phenoxy) is 1. The van der Waals surface area contributed by atoms with E-state index in [1.165, 1.54) is 27.8 Å². The number of nitrogens with zero attached hydrogens (tertiary/aromatic N) is 5. The highest BCUT2D eigenvalue weighted by molar-refractivity contribution is 6.02. The molecule has 360 valence electrons. The van der Waals surface area contributed by atoms with Gasteiger partial charge in [0.2, 0.25) is 5.82 Å². The molecule has 10 aromatic rings. The van der Waals surface area contributed by atoms with Crippen LogP contribution in [0.2, 0.25) is 0 Å². The smallest absolute Gasteiger partial charge is 0.243 e. The van der Waals surface area contributed by atoms with Gasteiger partial charge in [0.15, 0.2) is 22.9 Å². The lowest BCUT2D eigenvalue weighted by Crippen LogP contribution is -2.33. The van der Waals surface area contributed by atoms with E-state index in [0.29, 0.717) is 17.3 Å². The Kier molecular flexibility index (Phi) is 11.7. The fourth-order valence-corrected chi connectivity index (χ4v) is 10.4. The lowest BCUT2D eigenvalue weighted by Gasteiger charge is -2.34. The molecule has 0 saturated heterocycles. The highest BCUT2D eigenvalue weighted by atomic mass is 16.5. The summed E-state index contributed by atoms with van der Waals surface area (Å²) in [6.45, 7) is 20.5. The van der Waals surface area contributed by atoms with Crippen molar-refractivity contribution in [1.82, 2.24) is 24.2 Å².